The largest absolute Gasteiger partial charge is 0.494 e. The fourth-order valence-corrected chi connectivity index (χ4v) is 8.50. The van der Waals surface area contributed by atoms with Crippen LogP contribution in [0.25, 0.3) is 0 Å². The van der Waals surface area contributed by atoms with Crippen LogP contribution in [-0.2, 0) is 49.5 Å². The van der Waals surface area contributed by atoms with Crippen molar-refractivity contribution in [1.29, 1.82) is 0 Å². The van der Waals surface area contributed by atoms with Gasteiger partial charge in [-0.3, -0.25) is 33.6 Å². The monoisotopic (exact) mass is 830 g/mol. The molecule has 1 aliphatic carbocycles. The van der Waals surface area contributed by atoms with Crippen LogP contribution in [0.1, 0.15) is 88.3 Å². The minimum atomic E-state index is -1.29. The van der Waals surface area contributed by atoms with Crippen molar-refractivity contribution in [3.63, 3.8) is 0 Å². The van der Waals surface area contributed by atoms with E-state index in [0.29, 0.717) is 43.6 Å². The molecule has 324 valence electrons. The van der Waals surface area contributed by atoms with E-state index in [2.05, 4.69) is 21.3 Å². The van der Waals surface area contributed by atoms with Gasteiger partial charge in [0.25, 0.3) is 5.91 Å². The van der Waals surface area contributed by atoms with Gasteiger partial charge in [0.15, 0.2) is 6.29 Å². The van der Waals surface area contributed by atoms with E-state index in [1.165, 1.54) is 9.80 Å². The molecule has 3 fully saturated rings. The maximum absolute atomic E-state index is 14.8. The van der Waals surface area contributed by atoms with Gasteiger partial charge in [-0.15, -0.1) is 0 Å². The van der Waals surface area contributed by atoms with Gasteiger partial charge in [-0.05, 0) is 54.9 Å². The second-order valence-corrected chi connectivity index (χ2v) is 16.3. The first-order valence-corrected chi connectivity index (χ1v) is 21.2. The normalized spacial score (nSPS) is 24.3. The molecule has 0 spiro atoms. The molecule has 2 aromatic rings. The summed E-state index contributed by atoms with van der Waals surface area (Å²) < 4.78 is 18.6. The van der Waals surface area contributed by atoms with Crippen LogP contribution >= 0.6 is 0 Å². The molecule has 7 atom stereocenters. The van der Waals surface area contributed by atoms with Gasteiger partial charge < -0.3 is 45.3 Å². The zero-order valence-corrected chi connectivity index (χ0v) is 34.7. The van der Waals surface area contributed by atoms with E-state index in [-0.39, 0.29) is 37.1 Å². The summed E-state index contributed by atoms with van der Waals surface area (Å²) in [4.78, 5) is 98.7. The second kappa shape index (κ2) is 20.8. The summed E-state index contributed by atoms with van der Waals surface area (Å²) in [5, 5.41) is 10.8. The van der Waals surface area contributed by atoms with E-state index in [9.17, 15) is 33.6 Å². The molecule has 16 heteroatoms. The number of fused-ring (bicyclic) bond motifs is 7. The van der Waals surface area contributed by atoms with Crippen molar-refractivity contribution in [2.45, 2.75) is 120 Å². The lowest BCUT2D eigenvalue weighted by atomic mass is 9.83. The van der Waals surface area contributed by atoms with Gasteiger partial charge in [-0.2, -0.15) is 0 Å². The van der Waals surface area contributed by atoms with Gasteiger partial charge in [-0.1, -0.05) is 81.5 Å². The highest BCUT2D eigenvalue weighted by Crippen LogP contribution is 2.36. The first kappa shape index (κ1) is 44.2. The van der Waals surface area contributed by atoms with Crippen LogP contribution in [0.15, 0.2) is 54.6 Å². The number of carbonyl (C=O) groups excluding carboxylic acids is 7. The molecule has 6 bridgehead atoms. The number of ketones is 1. The topological polar surface area (TPSA) is 202 Å². The number of hydrogen-bond acceptors (Lipinski definition) is 10. The summed E-state index contributed by atoms with van der Waals surface area (Å²) >= 11 is 0. The van der Waals surface area contributed by atoms with Crippen LogP contribution in [0, 0.1) is 5.92 Å². The number of unbranched alkanes of at least 4 members (excludes halogenated alkanes) is 1. The molecule has 4 heterocycles. The van der Waals surface area contributed by atoms with E-state index in [4.69, 9.17) is 14.2 Å². The van der Waals surface area contributed by atoms with E-state index >= 15 is 0 Å². The van der Waals surface area contributed by atoms with Gasteiger partial charge in [0.2, 0.25) is 35.3 Å². The van der Waals surface area contributed by atoms with Crippen molar-refractivity contribution < 1.29 is 47.8 Å². The van der Waals surface area contributed by atoms with Crippen molar-refractivity contribution in [3.8, 4) is 5.75 Å². The number of benzene rings is 2. The molecular weight excluding hydrogens is 773 g/mol. The summed E-state index contributed by atoms with van der Waals surface area (Å²) in [7, 11) is 3.12. The second-order valence-electron chi connectivity index (χ2n) is 16.3. The first-order chi connectivity index (χ1) is 28.9. The number of nitrogens with one attached hydrogen (secondary N) is 4. The van der Waals surface area contributed by atoms with E-state index in [1.54, 1.807) is 44.4 Å². The van der Waals surface area contributed by atoms with Crippen molar-refractivity contribution >= 4 is 41.2 Å². The van der Waals surface area contributed by atoms with Crippen molar-refractivity contribution in [3.05, 3.63) is 65.7 Å². The number of carbonyl (C=O) groups is 7. The average molecular weight is 831 g/mol. The molecule has 1 saturated carbocycles. The molecule has 5 aliphatic rings. The summed E-state index contributed by atoms with van der Waals surface area (Å²) in [5.74, 6) is -4.14. The third-order valence-electron chi connectivity index (χ3n) is 11.6. The lowest BCUT2D eigenvalue weighted by Crippen LogP contribution is -2.60. The Labute approximate surface area is 350 Å². The number of amides is 6. The SMILES string of the molecule is CCCCC(NC(=O)[C@@H]1[C@H]2O[C@H]3CCCOc4cccc(c4)CC(=O)N[C@@H](C4CCCCC4)C(=O)N1C[C@@H]2O3)C(=O)C(=O)NCC(=O)N[C@H](C(=O)N(C)C)c1ccccc1. The number of nitrogens with zero attached hydrogens (tertiary/aromatic N) is 2. The minimum Gasteiger partial charge on any atom is -0.494 e. The van der Waals surface area contributed by atoms with Crippen LogP contribution in [-0.4, -0.2) is 121 Å². The van der Waals surface area contributed by atoms with Crippen molar-refractivity contribution in [2.24, 2.45) is 5.92 Å². The molecule has 0 aromatic heterocycles. The summed E-state index contributed by atoms with van der Waals surface area (Å²) in [6.07, 6.45) is 4.39. The van der Waals surface area contributed by atoms with Crippen LogP contribution in [0.2, 0.25) is 0 Å². The zero-order chi connectivity index (χ0) is 42.8. The number of ether oxygens (including phenoxy) is 3. The average Bonchev–Trinajstić information content (AvgIpc) is 3.81. The number of hydrogen-bond donors (Lipinski definition) is 4. The van der Waals surface area contributed by atoms with Gasteiger partial charge >= 0.3 is 0 Å². The Morgan fingerprint density at radius 2 is 1.68 bits per heavy atom. The molecule has 2 saturated heterocycles. The summed E-state index contributed by atoms with van der Waals surface area (Å²) in [6.45, 7) is 1.69. The molecule has 6 amide bonds. The van der Waals surface area contributed by atoms with E-state index < -0.39 is 78.6 Å². The molecule has 4 aliphatic heterocycles. The predicted molar refractivity (Wildman–Crippen MR) is 218 cm³/mol. The predicted octanol–water partition coefficient (Wildman–Crippen LogP) is 2.09. The van der Waals surface area contributed by atoms with Gasteiger partial charge in [0, 0.05) is 20.5 Å². The first-order valence-electron chi connectivity index (χ1n) is 21.2. The Morgan fingerprint density at radius 1 is 0.917 bits per heavy atom. The third kappa shape index (κ3) is 11.1. The standard InChI is InChI=1S/C44H58N6O10/c1-4-5-20-31(39(53)42(55)45-25-34(52)48-36(43(56)49(2)3)28-15-8-6-9-16-28)46-41(54)38-40-32-26-50(38)44(57)37(29-17-10-7-11-18-29)47-33(51)24-27-14-12-19-30(23-27)58-22-13-21-35(59-32)60-40/h6,8-9,12,14-16,19,23,29,31-32,35-38,40H,4-5,7,10-11,13,17-18,20-22,24-26H2,1-3H3,(H,45,55)(H,46,54)(H,47,51)(H,48,52)/t31?,32-,35-,36-,37-,38-,40-/m0/s1. The lowest BCUT2D eigenvalue weighted by Gasteiger charge is -2.35. The Kier molecular flexibility index (Phi) is 15.3. The van der Waals surface area contributed by atoms with E-state index in [1.807, 2.05) is 31.2 Å². The Balaban J connectivity index is 1.19. The maximum atomic E-state index is 14.8. The van der Waals surface area contributed by atoms with Gasteiger partial charge in [0.1, 0.15) is 36.1 Å². The Morgan fingerprint density at radius 3 is 2.42 bits per heavy atom. The van der Waals surface area contributed by atoms with Crippen molar-refractivity contribution in [2.75, 3.05) is 33.8 Å². The van der Waals surface area contributed by atoms with Crippen LogP contribution < -0.4 is 26.0 Å². The Bertz CT molecular complexity index is 1870. The van der Waals surface area contributed by atoms with Gasteiger partial charge in [0.05, 0.1) is 32.2 Å². The lowest BCUT2D eigenvalue weighted by molar-refractivity contribution is -0.151. The zero-order valence-electron chi connectivity index (χ0n) is 34.7. The maximum Gasteiger partial charge on any atom is 0.290 e. The van der Waals surface area contributed by atoms with E-state index in [0.717, 1.165) is 37.7 Å². The molecule has 7 rings (SSSR count). The minimum absolute atomic E-state index is 0.0257. The van der Waals surface area contributed by atoms with Crippen LogP contribution in [0.5, 0.6) is 5.75 Å². The fourth-order valence-electron chi connectivity index (χ4n) is 8.50. The van der Waals surface area contributed by atoms with Gasteiger partial charge in [-0.25, -0.2) is 0 Å². The molecule has 60 heavy (non-hydrogen) atoms. The molecule has 2 aromatic carbocycles. The number of rotatable bonds is 13. The van der Waals surface area contributed by atoms with Crippen LogP contribution in [0.3, 0.4) is 0 Å². The highest BCUT2D eigenvalue weighted by molar-refractivity contribution is 6.38. The summed E-state index contributed by atoms with van der Waals surface area (Å²) in [5.41, 5.74) is 1.28. The number of Topliss-reactive ketones (excluding diaryl/α,β-unsaturated/α-hetero) is 1. The molecule has 4 N–H and O–H groups in total. The molecule has 1 unspecified atom stereocenters. The highest BCUT2D eigenvalue weighted by atomic mass is 16.7. The molecule has 0 radical (unpaired) electrons. The molecule has 16 nitrogen and oxygen atoms in total. The highest BCUT2D eigenvalue weighted by Gasteiger charge is 2.56. The Hall–Kier alpha value is -5.35. The van der Waals surface area contributed by atoms with Crippen LogP contribution in [0.4, 0.5) is 0 Å². The summed E-state index contributed by atoms with van der Waals surface area (Å²) in [6, 6.07) is 11.5. The fraction of sp³-hybridized carbons (Fsp3) is 0.568. The number of likely N-dealkylation sites (N-methyl/N-ethyl adjacent to an activating group) is 1. The third-order valence-corrected chi connectivity index (χ3v) is 11.6. The quantitative estimate of drug-likeness (QED) is 0.217. The van der Waals surface area contributed by atoms with Crippen molar-refractivity contribution in [1.82, 2.24) is 31.1 Å². The smallest absolute Gasteiger partial charge is 0.290 e. The molecular formula is C44H58N6O10.